The number of aryl methyl sites for hydroxylation is 1. The number of ether oxygens (including phenoxy) is 1. The molecule has 1 atom stereocenters. The third kappa shape index (κ3) is 9.22. The van der Waals surface area contributed by atoms with E-state index in [0.717, 1.165) is 16.0 Å². The van der Waals surface area contributed by atoms with Gasteiger partial charge in [0, 0.05) is 27.4 Å². The van der Waals surface area contributed by atoms with Crippen molar-refractivity contribution in [1.82, 2.24) is 5.32 Å². The van der Waals surface area contributed by atoms with E-state index in [4.69, 9.17) is 4.74 Å². The van der Waals surface area contributed by atoms with Gasteiger partial charge in [0.25, 0.3) is 11.8 Å². The van der Waals surface area contributed by atoms with Crippen LogP contribution in [0.5, 0.6) is 5.75 Å². The monoisotopic (exact) mass is 641 g/mol. The van der Waals surface area contributed by atoms with Gasteiger partial charge in [-0.05, 0) is 74.0 Å². The predicted molar refractivity (Wildman–Crippen MR) is 189 cm³/mol. The fraction of sp³-hybridized carbons (Fsp3) is 0.103. The number of para-hydroxylation sites is 1. The van der Waals surface area contributed by atoms with Gasteiger partial charge in [0.05, 0.1) is 6.61 Å². The van der Waals surface area contributed by atoms with E-state index in [2.05, 4.69) is 16.0 Å². The molecular weight excluding hydrogens is 607 g/mol. The molecule has 0 spiro atoms. The number of carbonyl (C=O) groups is 3. The number of hydrogen-bond donors (Lipinski definition) is 3. The maximum absolute atomic E-state index is 13.7. The highest BCUT2D eigenvalue weighted by atomic mass is 32.2. The second-order valence-corrected chi connectivity index (χ2v) is 11.8. The van der Waals surface area contributed by atoms with Crippen LogP contribution >= 0.6 is 11.8 Å². The average molecular weight is 642 g/mol. The Bertz CT molecular complexity index is 1860. The van der Waals surface area contributed by atoms with Gasteiger partial charge in [0.1, 0.15) is 16.7 Å². The summed E-state index contributed by atoms with van der Waals surface area (Å²) in [5, 5.41) is 8.17. The van der Waals surface area contributed by atoms with Crippen LogP contribution in [0.3, 0.4) is 0 Å². The molecule has 0 radical (unpaired) electrons. The summed E-state index contributed by atoms with van der Waals surface area (Å²) >= 11 is 1.38. The molecule has 236 valence electrons. The minimum atomic E-state index is -0.556. The van der Waals surface area contributed by atoms with Gasteiger partial charge in [-0.1, -0.05) is 90.5 Å². The van der Waals surface area contributed by atoms with Crippen LogP contribution in [-0.2, 0) is 9.59 Å². The van der Waals surface area contributed by atoms with Crippen molar-refractivity contribution in [2.24, 2.45) is 0 Å². The molecule has 0 aliphatic carbocycles. The molecule has 3 N–H and O–H groups in total. The van der Waals surface area contributed by atoms with Crippen LogP contribution in [-0.4, -0.2) is 24.3 Å². The molecule has 0 aliphatic heterocycles. The lowest BCUT2D eigenvalue weighted by Gasteiger charge is -2.18. The van der Waals surface area contributed by atoms with Crippen LogP contribution in [0.1, 0.15) is 39.2 Å². The van der Waals surface area contributed by atoms with Crippen molar-refractivity contribution in [1.29, 1.82) is 0 Å². The van der Waals surface area contributed by atoms with Crippen molar-refractivity contribution in [3.8, 4) is 5.75 Å². The van der Waals surface area contributed by atoms with E-state index in [1.165, 1.54) is 11.8 Å². The van der Waals surface area contributed by atoms with Gasteiger partial charge < -0.3 is 20.7 Å². The Hall–Kier alpha value is -5.60. The number of nitrogens with one attached hydrogen (secondary N) is 3. The first-order chi connectivity index (χ1) is 22.9. The van der Waals surface area contributed by atoms with E-state index < -0.39 is 17.1 Å². The number of thioether (sulfide) groups is 1. The Morgan fingerprint density at radius 3 is 2.15 bits per heavy atom. The number of carbonyl (C=O) groups excluding carboxylic acids is 3. The Balaban J connectivity index is 1.39. The largest absolute Gasteiger partial charge is 0.493 e. The molecule has 0 aromatic heterocycles. The lowest BCUT2D eigenvalue weighted by Crippen LogP contribution is -2.30. The summed E-state index contributed by atoms with van der Waals surface area (Å²) in [6.07, 6.45) is 1.60. The maximum Gasteiger partial charge on any atom is 0.272 e. The predicted octanol–water partition coefficient (Wildman–Crippen LogP) is 8.28. The van der Waals surface area contributed by atoms with Crippen molar-refractivity contribution in [2.45, 2.75) is 24.0 Å². The fourth-order valence-corrected chi connectivity index (χ4v) is 5.80. The Morgan fingerprint density at radius 1 is 0.745 bits per heavy atom. The molecule has 5 rings (SSSR count). The SMILES string of the molecule is CCOc1ccccc1/C=C(/NC(=O)c1ccccc1)C(=O)Nc1cccc(SC(C(=O)Nc2ccc(C)cc2)c2ccccc2)c1. The van der Waals surface area contributed by atoms with Gasteiger partial charge in [-0.3, -0.25) is 14.4 Å². The number of amides is 3. The van der Waals surface area contributed by atoms with E-state index in [9.17, 15) is 14.4 Å². The minimum absolute atomic E-state index is 0.0451. The van der Waals surface area contributed by atoms with Crippen molar-refractivity contribution in [3.63, 3.8) is 0 Å². The second kappa shape index (κ2) is 16.1. The number of rotatable bonds is 12. The Kier molecular flexibility index (Phi) is 11.2. The number of benzene rings is 5. The summed E-state index contributed by atoms with van der Waals surface area (Å²) in [5.41, 5.74) is 4.27. The average Bonchev–Trinajstić information content (AvgIpc) is 3.09. The normalized spacial score (nSPS) is 11.7. The van der Waals surface area contributed by atoms with Gasteiger partial charge in [0.2, 0.25) is 5.91 Å². The Morgan fingerprint density at radius 2 is 1.43 bits per heavy atom. The van der Waals surface area contributed by atoms with Crippen molar-refractivity contribution in [3.05, 3.63) is 161 Å². The molecule has 5 aromatic rings. The summed E-state index contributed by atoms with van der Waals surface area (Å²) < 4.78 is 5.75. The van der Waals surface area contributed by atoms with Crippen LogP contribution in [0, 0.1) is 6.92 Å². The van der Waals surface area contributed by atoms with Gasteiger partial charge in [-0.15, -0.1) is 11.8 Å². The molecule has 0 saturated heterocycles. The first kappa shape index (κ1) is 32.8. The van der Waals surface area contributed by atoms with Crippen molar-refractivity contribution < 1.29 is 19.1 Å². The first-order valence-corrected chi connectivity index (χ1v) is 16.1. The molecule has 0 saturated carbocycles. The molecule has 3 amide bonds. The molecule has 47 heavy (non-hydrogen) atoms. The molecular formula is C39H35N3O4S. The molecule has 0 heterocycles. The summed E-state index contributed by atoms with van der Waals surface area (Å²) in [6, 6.07) is 40.5. The van der Waals surface area contributed by atoms with Crippen molar-refractivity contribution in [2.75, 3.05) is 17.2 Å². The standard InChI is InChI=1S/C39H35N3O4S/c1-3-46-35-20-11-10-17-30(35)25-34(42-37(43)29-15-8-5-9-16-29)38(44)41-32-18-12-19-33(26-32)47-36(28-13-6-4-7-14-28)39(45)40-31-23-21-27(2)22-24-31/h4-26,36H,3H2,1-2H3,(H,40,45)(H,41,44)(H,42,43)/b34-25+. The molecule has 0 aliphatic rings. The molecule has 8 heteroatoms. The highest BCUT2D eigenvalue weighted by Crippen LogP contribution is 2.37. The quantitative estimate of drug-likeness (QED) is 0.0941. The maximum atomic E-state index is 13.7. The van der Waals surface area contributed by atoms with E-state index in [1.807, 2.05) is 117 Å². The zero-order valence-corrected chi connectivity index (χ0v) is 26.9. The summed E-state index contributed by atoms with van der Waals surface area (Å²) in [6.45, 7) is 4.32. The highest BCUT2D eigenvalue weighted by Gasteiger charge is 2.23. The molecule has 0 bridgehead atoms. The third-order valence-corrected chi connectivity index (χ3v) is 8.30. The molecule has 5 aromatic carbocycles. The summed E-state index contributed by atoms with van der Waals surface area (Å²) in [4.78, 5) is 41.2. The second-order valence-electron chi connectivity index (χ2n) is 10.6. The van der Waals surface area contributed by atoms with Gasteiger partial charge >= 0.3 is 0 Å². The van der Waals surface area contributed by atoms with Gasteiger partial charge in [-0.25, -0.2) is 0 Å². The van der Waals surface area contributed by atoms with Crippen LogP contribution in [0.4, 0.5) is 11.4 Å². The smallest absolute Gasteiger partial charge is 0.272 e. The van der Waals surface area contributed by atoms with Crippen LogP contribution in [0.2, 0.25) is 0 Å². The fourth-order valence-electron chi connectivity index (χ4n) is 4.71. The third-order valence-electron chi connectivity index (χ3n) is 7.05. The Labute approximate surface area is 279 Å². The van der Waals surface area contributed by atoms with Gasteiger partial charge in [-0.2, -0.15) is 0 Å². The van der Waals surface area contributed by atoms with E-state index in [0.29, 0.717) is 34.9 Å². The zero-order chi connectivity index (χ0) is 33.0. The zero-order valence-electron chi connectivity index (χ0n) is 26.1. The topological polar surface area (TPSA) is 96.5 Å². The van der Waals surface area contributed by atoms with Crippen LogP contribution in [0.15, 0.2) is 144 Å². The van der Waals surface area contributed by atoms with E-state index in [-0.39, 0.29) is 11.6 Å². The van der Waals surface area contributed by atoms with E-state index in [1.54, 1.807) is 36.4 Å². The van der Waals surface area contributed by atoms with Crippen LogP contribution in [0.25, 0.3) is 6.08 Å². The molecule has 7 nitrogen and oxygen atoms in total. The summed E-state index contributed by atoms with van der Waals surface area (Å²) in [5.74, 6) is -0.514. The minimum Gasteiger partial charge on any atom is -0.493 e. The van der Waals surface area contributed by atoms with Crippen molar-refractivity contribution >= 4 is 46.9 Å². The lowest BCUT2D eigenvalue weighted by atomic mass is 10.1. The summed E-state index contributed by atoms with van der Waals surface area (Å²) in [7, 11) is 0. The lowest BCUT2D eigenvalue weighted by molar-refractivity contribution is -0.116. The van der Waals surface area contributed by atoms with Crippen LogP contribution < -0.4 is 20.7 Å². The van der Waals surface area contributed by atoms with E-state index >= 15 is 0 Å². The molecule has 0 fully saturated rings. The highest BCUT2D eigenvalue weighted by molar-refractivity contribution is 8.00. The molecule has 1 unspecified atom stereocenters. The first-order valence-electron chi connectivity index (χ1n) is 15.2. The number of anilines is 2. The number of hydrogen-bond acceptors (Lipinski definition) is 5. The van der Waals surface area contributed by atoms with Gasteiger partial charge in [0.15, 0.2) is 0 Å².